The van der Waals surface area contributed by atoms with Gasteiger partial charge in [0, 0.05) is 23.0 Å². The van der Waals surface area contributed by atoms with Crippen LogP contribution in [0.1, 0.15) is 22.8 Å². The Bertz CT molecular complexity index is 726. The minimum absolute atomic E-state index is 0.0801. The number of hydrogen-bond donors (Lipinski definition) is 2. The number of Topliss-reactive ketones (excluding diaryl/α,β-unsaturated/α-hetero) is 1. The summed E-state index contributed by atoms with van der Waals surface area (Å²) in [6.45, 7) is 1.45. The summed E-state index contributed by atoms with van der Waals surface area (Å²) < 4.78 is 13.4. The van der Waals surface area contributed by atoms with E-state index in [0.717, 1.165) is 0 Å². The highest BCUT2D eigenvalue weighted by Gasteiger charge is 2.03. The number of anilines is 1. The van der Waals surface area contributed by atoms with Crippen molar-refractivity contribution in [1.29, 1.82) is 0 Å². The molecule has 0 fully saturated rings. The smallest absolute Gasteiger partial charge is 0.314 e. The molecule has 4 nitrogen and oxygen atoms in total. The maximum absolute atomic E-state index is 13.4. The van der Waals surface area contributed by atoms with Crippen LogP contribution in [0.25, 0.3) is 6.08 Å². The standard InChI is InChI=1S/C17H15FN2O2/c1-12(21)14-6-4-7-15(11-14)20-17(22)19-10-9-13-5-2-3-8-16(13)18/h2-11H,1H3,(H2,19,20,22)/b10-9+. The van der Waals surface area contributed by atoms with Crippen molar-refractivity contribution >= 4 is 23.6 Å². The molecule has 0 heterocycles. The van der Waals surface area contributed by atoms with E-state index < -0.39 is 6.03 Å². The van der Waals surface area contributed by atoms with E-state index >= 15 is 0 Å². The molecule has 0 radical (unpaired) electrons. The molecule has 0 spiro atoms. The Morgan fingerprint density at radius 2 is 1.86 bits per heavy atom. The minimum atomic E-state index is -0.478. The SMILES string of the molecule is CC(=O)c1cccc(NC(=O)N/C=C/c2ccccc2F)c1. The summed E-state index contributed by atoms with van der Waals surface area (Å²) in [4.78, 5) is 23.0. The van der Waals surface area contributed by atoms with Crippen LogP contribution >= 0.6 is 0 Å². The summed E-state index contributed by atoms with van der Waals surface area (Å²) in [7, 11) is 0. The largest absolute Gasteiger partial charge is 0.323 e. The lowest BCUT2D eigenvalue weighted by Crippen LogP contribution is -2.23. The average molecular weight is 298 g/mol. The minimum Gasteiger partial charge on any atom is -0.314 e. The van der Waals surface area contributed by atoms with Crippen LogP contribution in [0.15, 0.2) is 54.7 Å². The zero-order chi connectivity index (χ0) is 15.9. The van der Waals surface area contributed by atoms with Gasteiger partial charge in [0.05, 0.1) is 0 Å². The number of benzene rings is 2. The quantitative estimate of drug-likeness (QED) is 0.843. The van der Waals surface area contributed by atoms with Gasteiger partial charge in [-0.1, -0.05) is 30.3 Å². The van der Waals surface area contributed by atoms with Gasteiger partial charge in [-0.3, -0.25) is 4.79 Å². The first-order valence-corrected chi connectivity index (χ1v) is 6.66. The second-order valence-corrected chi connectivity index (χ2v) is 4.59. The third-order valence-corrected chi connectivity index (χ3v) is 2.91. The molecule has 2 aromatic carbocycles. The number of urea groups is 1. The molecule has 0 aliphatic carbocycles. The number of carbonyl (C=O) groups is 2. The van der Waals surface area contributed by atoms with Gasteiger partial charge in [0.25, 0.3) is 0 Å². The Morgan fingerprint density at radius 1 is 1.09 bits per heavy atom. The zero-order valence-electron chi connectivity index (χ0n) is 12.0. The number of carbonyl (C=O) groups excluding carboxylic acids is 2. The highest BCUT2D eigenvalue weighted by molar-refractivity contribution is 5.96. The monoisotopic (exact) mass is 298 g/mol. The lowest BCUT2D eigenvalue weighted by Gasteiger charge is -2.05. The lowest BCUT2D eigenvalue weighted by molar-refractivity contribution is 0.101. The van der Waals surface area contributed by atoms with Crippen molar-refractivity contribution in [3.63, 3.8) is 0 Å². The summed E-state index contributed by atoms with van der Waals surface area (Å²) in [6.07, 6.45) is 2.81. The fraction of sp³-hybridized carbons (Fsp3) is 0.0588. The van der Waals surface area contributed by atoms with E-state index in [1.54, 1.807) is 42.5 Å². The topological polar surface area (TPSA) is 58.2 Å². The van der Waals surface area contributed by atoms with Gasteiger partial charge in [-0.05, 0) is 31.2 Å². The summed E-state index contributed by atoms with van der Waals surface area (Å²) in [5.74, 6) is -0.446. The second-order valence-electron chi connectivity index (χ2n) is 4.59. The fourth-order valence-electron chi connectivity index (χ4n) is 1.80. The summed E-state index contributed by atoms with van der Waals surface area (Å²) in [5, 5.41) is 5.06. The van der Waals surface area contributed by atoms with Crippen LogP contribution in [0, 0.1) is 5.82 Å². The van der Waals surface area contributed by atoms with Gasteiger partial charge in [0.1, 0.15) is 5.82 Å². The van der Waals surface area contributed by atoms with Crippen molar-refractivity contribution in [2.24, 2.45) is 0 Å². The predicted molar refractivity (Wildman–Crippen MR) is 84.0 cm³/mol. The number of amides is 2. The average Bonchev–Trinajstić information content (AvgIpc) is 2.49. The highest BCUT2D eigenvalue weighted by Crippen LogP contribution is 2.11. The Balaban J connectivity index is 1.95. The molecule has 0 aliphatic rings. The maximum atomic E-state index is 13.4. The van der Waals surface area contributed by atoms with Gasteiger partial charge < -0.3 is 10.6 Å². The summed E-state index contributed by atoms with van der Waals surface area (Å²) in [6, 6.07) is 12.4. The normalized spacial score (nSPS) is 10.5. The van der Waals surface area contributed by atoms with E-state index in [1.807, 2.05) is 0 Å². The van der Waals surface area contributed by atoms with E-state index in [9.17, 15) is 14.0 Å². The molecule has 0 aliphatic heterocycles. The van der Waals surface area contributed by atoms with E-state index in [-0.39, 0.29) is 11.6 Å². The van der Waals surface area contributed by atoms with Crippen LogP contribution in [0.5, 0.6) is 0 Å². The molecule has 0 saturated carbocycles. The predicted octanol–water partition coefficient (Wildman–Crippen LogP) is 3.82. The molecule has 2 rings (SSSR count). The van der Waals surface area contributed by atoms with Crippen LogP contribution in [-0.4, -0.2) is 11.8 Å². The molecule has 0 saturated heterocycles. The van der Waals surface area contributed by atoms with Gasteiger partial charge in [-0.15, -0.1) is 0 Å². The first kappa shape index (κ1) is 15.4. The van der Waals surface area contributed by atoms with Crippen molar-refractivity contribution in [2.75, 3.05) is 5.32 Å². The number of ketones is 1. The van der Waals surface area contributed by atoms with Gasteiger partial charge >= 0.3 is 6.03 Å². The van der Waals surface area contributed by atoms with Gasteiger partial charge in [0.15, 0.2) is 5.78 Å². The molecule has 2 aromatic rings. The van der Waals surface area contributed by atoms with Gasteiger partial charge in [-0.25, -0.2) is 9.18 Å². The molecular formula is C17H15FN2O2. The van der Waals surface area contributed by atoms with Crippen molar-refractivity contribution in [3.05, 3.63) is 71.7 Å². The molecule has 0 bridgehead atoms. The number of hydrogen-bond acceptors (Lipinski definition) is 2. The fourth-order valence-corrected chi connectivity index (χ4v) is 1.80. The van der Waals surface area contributed by atoms with Crippen molar-refractivity contribution in [3.8, 4) is 0 Å². The van der Waals surface area contributed by atoms with Crippen LogP contribution in [0.4, 0.5) is 14.9 Å². The molecule has 0 aromatic heterocycles. The Morgan fingerprint density at radius 3 is 2.59 bits per heavy atom. The van der Waals surface area contributed by atoms with Crippen LogP contribution in [0.2, 0.25) is 0 Å². The van der Waals surface area contributed by atoms with Crippen LogP contribution in [-0.2, 0) is 0 Å². The third-order valence-electron chi connectivity index (χ3n) is 2.91. The molecule has 22 heavy (non-hydrogen) atoms. The maximum Gasteiger partial charge on any atom is 0.323 e. The van der Waals surface area contributed by atoms with Crippen LogP contribution in [0.3, 0.4) is 0 Å². The molecule has 5 heteroatoms. The van der Waals surface area contributed by atoms with Gasteiger partial charge in [0.2, 0.25) is 0 Å². The van der Waals surface area contributed by atoms with Crippen molar-refractivity contribution in [2.45, 2.75) is 6.92 Å². The number of halogens is 1. The van der Waals surface area contributed by atoms with E-state index in [4.69, 9.17) is 0 Å². The molecule has 0 atom stereocenters. The zero-order valence-corrected chi connectivity index (χ0v) is 12.0. The molecular weight excluding hydrogens is 283 g/mol. The van der Waals surface area contributed by atoms with Crippen LogP contribution < -0.4 is 10.6 Å². The summed E-state index contributed by atoms with van der Waals surface area (Å²) in [5.41, 5.74) is 1.39. The van der Waals surface area contributed by atoms with Crippen molar-refractivity contribution < 1.29 is 14.0 Å². The highest BCUT2D eigenvalue weighted by atomic mass is 19.1. The van der Waals surface area contributed by atoms with Gasteiger partial charge in [-0.2, -0.15) is 0 Å². The molecule has 2 amide bonds. The van der Waals surface area contributed by atoms with E-state index in [2.05, 4.69) is 10.6 Å². The van der Waals surface area contributed by atoms with E-state index in [1.165, 1.54) is 25.3 Å². The molecule has 112 valence electrons. The first-order chi connectivity index (χ1) is 10.6. The molecule has 2 N–H and O–H groups in total. The summed E-state index contributed by atoms with van der Waals surface area (Å²) >= 11 is 0. The number of nitrogens with one attached hydrogen (secondary N) is 2. The lowest BCUT2D eigenvalue weighted by atomic mass is 10.1. The Kier molecular flexibility index (Phi) is 5.03. The Hall–Kier alpha value is -2.95. The second kappa shape index (κ2) is 7.17. The first-order valence-electron chi connectivity index (χ1n) is 6.66. The Labute approximate surface area is 127 Å². The third kappa shape index (κ3) is 4.28. The number of rotatable bonds is 4. The van der Waals surface area contributed by atoms with E-state index in [0.29, 0.717) is 16.8 Å². The molecule has 0 unspecified atom stereocenters. The van der Waals surface area contributed by atoms with Crippen molar-refractivity contribution in [1.82, 2.24) is 5.32 Å².